The van der Waals surface area contributed by atoms with Crippen molar-refractivity contribution in [2.45, 2.75) is 44.2 Å². The minimum absolute atomic E-state index is 0.00474. The highest BCUT2D eigenvalue weighted by atomic mass is 32.2. The van der Waals surface area contributed by atoms with E-state index in [0.29, 0.717) is 12.2 Å². The van der Waals surface area contributed by atoms with Crippen LogP contribution in [0.3, 0.4) is 0 Å². The van der Waals surface area contributed by atoms with E-state index in [1.807, 2.05) is 32.0 Å². The largest absolute Gasteiger partial charge is 0.377 e. The summed E-state index contributed by atoms with van der Waals surface area (Å²) in [6.45, 7) is 4.73. The van der Waals surface area contributed by atoms with E-state index in [-0.39, 0.29) is 29.6 Å². The van der Waals surface area contributed by atoms with E-state index in [4.69, 9.17) is 4.74 Å². The van der Waals surface area contributed by atoms with E-state index >= 15 is 0 Å². The molecule has 158 valence electrons. The second-order valence-electron chi connectivity index (χ2n) is 7.96. The molecule has 1 aliphatic heterocycles. The molecule has 0 aliphatic carbocycles. The third-order valence-corrected chi connectivity index (χ3v) is 7.34. The molecule has 1 atom stereocenters. The van der Waals surface area contributed by atoms with E-state index in [1.165, 1.54) is 4.31 Å². The van der Waals surface area contributed by atoms with Gasteiger partial charge in [-0.1, -0.05) is 29.8 Å². The lowest BCUT2D eigenvalue weighted by Gasteiger charge is -2.25. The molecule has 7 heteroatoms. The number of hydrogen-bond donors (Lipinski definition) is 1. The number of fused-ring (bicyclic) bond motifs is 1. The van der Waals surface area contributed by atoms with Crippen molar-refractivity contribution in [2.75, 3.05) is 13.2 Å². The number of hydrogen-bond acceptors (Lipinski definition) is 4. The quantitative estimate of drug-likeness (QED) is 0.654. The Labute approximate surface area is 176 Å². The molecular formula is C23H26N2O4S. The summed E-state index contributed by atoms with van der Waals surface area (Å²) in [5.41, 5.74) is 2.93. The standard InChI is InChI=1S/C23H26N2O4S/c1-16-6-9-21(10-7-16)30(27,28)25(15-20-4-3-11-29-20)14-19-13-18-8-5-17(2)12-22(18)24-23(19)26/h5-10,12-13,20H,3-4,11,14-15H2,1-2H3,(H,24,26)/t20-/m1/s1. The summed E-state index contributed by atoms with van der Waals surface area (Å²) in [6.07, 6.45) is 1.57. The van der Waals surface area contributed by atoms with Crippen LogP contribution in [-0.4, -0.2) is 37.0 Å². The van der Waals surface area contributed by atoms with Gasteiger partial charge in [-0.25, -0.2) is 8.42 Å². The number of rotatable bonds is 6. The number of aromatic amines is 1. The Morgan fingerprint density at radius 2 is 1.80 bits per heavy atom. The van der Waals surface area contributed by atoms with Gasteiger partial charge in [-0.3, -0.25) is 4.79 Å². The van der Waals surface area contributed by atoms with E-state index in [9.17, 15) is 13.2 Å². The molecule has 2 aromatic carbocycles. The molecule has 30 heavy (non-hydrogen) atoms. The first kappa shape index (κ1) is 20.8. The predicted molar refractivity (Wildman–Crippen MR) is 117 cm³/mol. The average molecular weight is 427 g/mol. The molecule has 1 saturated heterocycles. The number of pyridine rings is 1. The number of ether oxygens (including phenoxy) is 1. The molecule has 3 aromatic rings. The molecule has 1 aliphatic rings. The minimum Gasteiger partial charge on any atom is -0.377 e. The van der Waals surface area contributed by atoms with Crippen LogP contribution in [-0.2, 0) is 21.3 Å². The number of H-pyrrole nitrogens is 1. The van der Waals surface area contributed by atoms with Gasteiger partial charge < -0.3 is 9.72 Å². The van der Waals surface area contributed by atoms with E-state index in [0.717, 1.165) is 34.9 Å². The van der Waals surface area contributed by atoms with Gasteiger partial charge >= 0.3 is 0 Å². The summed E-state index contributed by atoms with van der Waals surface area (Å²) in [5, 5.41) is 0.875. The highest BCUT2D eigenvalue weighted by Crippen LogP contribution is 2.23. The Balaban J connectivity index is 1.72. The van der Waals surface area contributed by atoms with Gasteiger partial charge in [-0.2, -0.15) is 4.31 Å². The number of nitrogens with one attached hydrogen (secondary N) is 1. The zero-order valence-corrected chi connectivity index (χ0v) is 18.0. The van der Waals surface area contributed by atoms with Crippen LogP contribution in [0.4, 0.5) is 0 Å². The number of aryl methyl sites for hydroxylation is 2. The minimum atomic E-state index is -3.78. The fourth-order valence-corrected chi connectivity index (χ4v) is 5.24. The van der Waals surface area contributed by atoms with Crippen molar-refractivity contribution < 1.29 is 13.2 Å². The third-order valence-electron chi connectivity index (χ3n) is 5.52. The van der Waals surface area contributed by atoms with Gasteiger partial charge in [0.25, 0.3) is 5.56 Å². The topological polar surface area (TPSA) is 79.5 Å². The van der Waals surface area contributed by atoms with Gasteiger partial charge in [0.1, 0.15) is 0 Å². The maximum absolute atomic E-state index is 13.4. The lowest BCUT2D eigenvalue weighted by Crippen LogP contribution is -2.38. The van der Waals surface area contributed by atoms with E-state index in [2.05, 4.69) is 4.98 Å². The number of aromatic nitrogens is 1. The maximum Gasteiger partial charge on any atom is 0.252 e. The van der Waals surface area contributed by atoms with Crippen LogP contribution in [0.1, 0.15) is 29.5 Å². The SMILES string of the molecule is Cc1ccc(S(=O)(=O)N(Cc2cc3ccc(C)cc3[nH]c2=O)C[C@H]2CCCO2)cc1. The van der Waals surface area contributed by atoms with Gasteiger partial charge in [0.15, 0.2) is 0 Å². The highest BCUT2D eigenvalue weighted by molar-refractivity contribution is 7.89. The fraction of sp³-hybridized carbons (Fsp3) is 0.348. The molecule has 1 fully saturated rings. The molecule has 0 amide bonds. The first-order valence-corrected chi connectivity index (χ1v) is 11.6. The average Bonchev–Trinajstić information content (AvgIpc) is 3.21. The molecule has 0 radical (unpaired) electrons. The van der Waals surface area contributed by atoms with Crippen molar-refractivity contribution >= 4 is 20.9 Å². The van der Waals surface area contributed by atoms with E-state index in [1.54, 1.807) is 30.3 Å². The fourth-order valence-electron chi connectivity index (χ4n) is 3.79. The van der Waals surface area contributed by atoms with Gasteiger partial charge in [0.2, 0.25) is 10.0 Å². The van der Waals surface area contributed by atoms with Crippen molar-refractivity contribution in [1.82, 2.24) is 9.29 Å². The monoisotopic (exact) mass is 426 g/mol. The van der Waals surface area contributed by atoms with Crippen LogP contribution >= 0.6 is 0 Å². The highest BCUT2D eigenvalue weighted by Gasteiger charge is 2.30. The second kappa shape index (κ2) is 8.34. The molecule has 0 saturated carbocycles. The van der Waals surface area contributed by atoms with Crippen LogP contribution in [0, 0.1) is 13.8 Å². The van der Waals surface area contributed by atoms with Crippen molar-refractivity contribution in [3.05, 3.63) is 75.6 Å². The molecule has 4 rings (SSSR count). The van der Waals surface area contributed by atoms with Gasteiger partial charge in [0.05, 0.1) is 11.0 Å². The summed E-state index contributed by atoms with van der Waals surface area (Å²) >= 11 is 0. The van der Waals surface area contributed by atoms with Crippen LogP contribution < -0.4 is 5.56 Å². The van der Waals surface area contributed by atoms with Crippen molar-refractivity contribution in [3.8, 4) is 0 Å². The Morgan fingerprint density at radius 3 is 2.50 bits per heavy atom. The smallest absolute Gasteiger partial charge is 0.252 e. The molecule has 0 spiro atoms. The summed E-state index contributed by atoms with van der Waals surface area (Å²) in [4.78, 5) is 15.8. The second-order valence-corrected chi connectivity index (χ2v) is 9.90. The predicted octanol–water partition coefficient (Wildman–Crippen LogP) is 3.51. The summed E-state index contributed by atoms with van der Waals surface area (Å²) in [5.74, 6) is 0. The van der Waals surface area contributed by atoms with Gasteiger partial charge in [-0.05, 0) is 61.9 Å². The van der Waals surface area contributed by atoms with Crippen molar-refractivity contribution in [2.24, 2.45) is 0 Å². The number of sulfonamides is 1. The first-order valence-electron chi connectivity index (χ1n) is 10.1. The Morgan fingerprint density at radius 1 is 1.07 bits per heavy atom. The molecule has 2 heterocycles. The Hall–Kier alpha value is -2.48. The summed E-state index contributed by atoms with van der Waals surface area (Å²) in [6, 6.07) is 14.4. The van der Waals surface area contributed by atoms with Crippen LogP contribution in [0.15, 0.2) is 58.2 Å². The molecular weight excluding hydrogens is 400 g/mol. The van der Waals surface area contributed by atoms with Gasteiger partial charge in [-0.15, -0.1) is 0 Å². The molecule has 0 bridgehead atoms. The molecule has 1 N–H and O–H groups in total. The third kappa shape index (κ3) is 4.33. The number of benzene rings is 2. The Kier molecular flexibility index (Phi) is 5.77. The van der Waals surface area contributed by atoms with Crippen LogP contribution in [0.25, 0.3) is 10.9 Å². The molecule has 0 unspecified atom stereocenters. The zero-order chi connectivity index (χ0) is 21.3. The van der Waals surface area contributed by atoms with Gasteiger partial charge in [0, 0.05) is 30.8 Å². The summed E-state index contributed by atoms with van der Waals surface area (Å²) in [7, 11) is -3.78. The van der Waals surface area contributed by atoms with E-state index < -0.39 is 10.0 Å². The van der Waals surface area contributed by atoms with Crippen molar-refractivity contribution in [3.63, 3.8) is 0 Å². The molecule has 6 nitrogen and oxygen atoms in total. The normalized spacial score (nSPS) is 17.1. The zero-order valence-electron chi connectivity index (χ0n) is 17.2. The van der Waals surface area contributed by atoms with Crippen molar-refractivity contribution in [1.29, 1.82) is 0 Å². The summed E-state index contributed by atoms with van der Waals surface area (Å²) < 4.78 is 33.9. The molecule has 1 aromatic heterocycles. The number of nitrogens with zero attached hydrogens (tertiary/aromatic N) is 1. The van der Waals surface area contributed by atoms with Crippen LogP contribution in [0.5, 0.6) is 0 Å². The Bertz CT molecular complexity index is 1210. The lowest BCUT2D eigenvalue weighted by molar-refractivity contribution is 0.0925. The lowest BCUT2D eigenvalue weighted by atomic mass is 10.1. The maximum atomic E-state index is 13.4. The van der Waals surface area contributed by atoms with Crippen LogP contribution in [0.2, 0.25) is 0 Å². The first-order chi connectivity index (χ1) is 14.3.